The SMILES string of the molecule is Cn1nnnc1SCCCC(=O)Nc1ccc(S(N)(=O)=O)cc1. The molecule has 1 aromatic carbocycles. The van der Waals surface area contributed by atoms with Gasteiger partial charge >= 0.3 is 0 Å². The summed E-state index contributed by atoms with van der Waals surface area (Å²) < 4.78 is 23.8. The molecule has 0 radical (unpaired) electrons. The average Bonchev–Trinajstić information content (AvgIpc) is 2.89. The summed E-state index contributed by atoms with van der Waals surface area (Å²) in [6.07, 6.45) is 1.01. The Morgan fingerprint density at radius 2 is 2.04 bits per heavy atom. The van der Waals surface area contributed by atoms with Crippen LogP contribution in [0.25, 0.3) is 0 Å². The van der Waals surface area contributed by atoms with Crippen molar-refractivity contribution in [2.24, 2.45) is 12.2 Å². The minimum absolute atomic E-state index is 0.00388. The number of nitrogens with zero attached hydrogens (tertiary/aromatic N) is 4. The zero-order valence-corrected chi connectivity index (χ0v) is 14.0. The highest BCUT2D eigenvalue weighted by Crippen LogP contribution is 2.16. The first kappa shape index (κ1) is 17.4. The van der Waals surface area contributed by atoms with Crippen LogP contribution in [0.1, 0.15) is 12.8 Å². The highest BCUT2D eigenvalue weighted by Gasteiger charge is 2.08. The number of tetrazole rings is 1. The van der Waals surface area contributed by atoms with E-state index in [2.05, 4.69) is 20.8 Å². The van der Waals surface area contributed by atoms with E-state index < -0.39 is 10.0 Å². The molecule has 0 aliphatic carbocycles. The molecule has 3 N–H and O–H groups in total. The molecule has 0 saturated carbocycles. The normalized spacial score (nSPS) is 11.4. The molecule has 0 aliphatic heterocycles. The van der Waals surface area contributed by atoms with Crippen molar-refractivity contribution in [1.82, 2.24) is 20.2 Å². The number of thioether (sulfide) groups is 1. The average molecular weight is 356 g/mol. The number of hydrogen-bond donors (Lipinski definition) is 2. The van der Waals surface area contributed by atoms with Gasteiger partial charge in [-0.2, -0.15) is 0 Å². The van der Waals surface area contributed by atoms with Crippen molar-refractivity contribution in [3.05, 3.63) is 24.3 Å². The van der Waals surface area contributed by atoms with Crippen LogP contribution in [-0.4, -0.2) is 40.3 Å². The standard InChI is InChI=1S/C12H16N6O3S2/c1-18-12(15-16-17-18)22-8-2-3-11(19)14-9-4-6-10(7-5-9)23(13,20)21/h4-7H,2-3,8H2,1H3,(H,14,19)(H2,13,20,21). The number of sulfonamides is 1. The molecule has 0 bridgehead atoms. The molecule has 1 amide bonds. The Kier molecular flexibility index (Phi) is 5.69. The number of primary sulfonamides is 1. The number of aryl methyl sites for hydroxylation is 1. The summed E-state index contributed by atoms with van der Waals surface area (Å²) in [6.45, 7) is 0. The molecule has 2 aromatic rings. The molecule has 0 spiro atoms. The van der Waals surface area contributed by atoms with Crippen LogP contribution in [0.2, 0.25) is 0 Å². The van der Waals surface area contributed by atoms with Crippen LogP contribution in [0.3, 0.4) is 0 Å². The van der Waals surface area contributed by atoms with Gasteiger partial charge in [0.25, 0.3) is 0 Å². The Balaban J connectivity index is 1.75. The fraction of sp³-hybridized carbons (Fsp3) is 0.333. The van der Waals surface area contributed by atoms with Crippen LogP contribution in [0.4, 0.5) is 5.69 Å². The minimum atomic E-state index is -3.72. The zero-order chi connectivity index (χ0) is 16.9. The molecule has 9 nitrogen and oxygen atoms in total. The monoisotopic (exact) mass is 356 g/mol. The Bertz CT molecular complexity index is 772. The summed E-state index contributed by atoms with van der Waals surface area (Å²) in [6, 6.07) is 5.69. The zero-order valence-electron chi connectivity index (χ0n) is 12.3. The van der Waals surface area contributed by atoms with E-state index in [1.165, 1.54) is 36.0 Å². The number of carbonyl (C=O) groups excluding carboxylic acids is 1. The van der Waals surface area contributed by atoms with E-state index in [1.54, 1.807) is 11.7 Å². The molecule has 11 heteroatoms. The smallest absolute Gasteiger partial charge is 0.238 e. The summed E-state index contributed by atoms with van der Waals surface area (Å²) in [5.74, 6) is 0.566. The Morgan fingerprint density at radius 1 is 1.35 bits per heavy atom. The first-order chi connectivity index (χ1) is 10.9. The van der Waals surface area contributed by atoms with Crippen LogP contribution in [-0.2, 0) is 21.9 Å². The van der Waals surface area contributed by atoms with Gasteiger partial charge in [0.05, 0.1) is 4.90 Å². The van der Waals surface area contributed by atoms with Gasteiger partial charge in [0.2, 0.25) is 21.1 Å². The lowest BCUT2D eigenvalue weighted by Gasteiger charge is -2.06. The van der Waals surface area contributed by atoms with Gasteiger partial charge in [0, 0.05) is 24.9 Å². The van der Waals surface area contributed by atoms with Gasteiger partial charge in [-0.05, 0) is 41.1 Å². The maximum absolute atomic E-state index is 11.8. The number of nitrogens with two attached hydrogens (primary N) is 1. The predicted octanol–water partition coefficient (Wildman–Crippen LogP) is 0.369. The molecule has 0 fully saturated rings. The molecule has 0 saturated heterocycles. The summed E-state index contributed by atoms with van der Waals surface area (Å²) in [5, 5.41) is 19.5. The fourth-order valence-electron chi connectivity index (χ4n) is 1.69. The van der Waals surface area contributed by atoms with Crippen LogP contribution in [0.15, 0.2) is 34.3 Å². The van der Waals surface area contributed by atoms with Crippen molar-refractivity contribution < 1.29 is 13.2 Å². The number of benzene rings is 1. The maximum Gasteiger partial charge on any atom is 0.238 e. The second kappa shape index (κ2) is 7.53. The van der Waals surface area contributed by atoms with E-state index >= 15 is 0 Å². The predicted molar refractivity (Wildman–Crippen MR) is 85.2 cm³/mol. The van der Waals surface area contributed by atoms with Crippen LogP contribution < -0.4 is 10.5 Å². The van der Waals surface area contributed by atoms with Gasteiger partial charge in [-0.3, -0.25) is 4.79 Å². The largest absolute Gasteiger partial charge is 0.326 e. The molecule has 1 heterocycles. The summed E-state index contributed by atoms with van der Waals surface area (Å²) >= 11 is 1.47. The highest BCUT2D eigenvalue weighted by atomic mass is 32.2. The third-order valence-corrected chi connectivity index (χ3v) is 4.85. The molecule has 0 aliphatic rings. The Hall–Kier alpha value is -1.98. The van der Waals surface area contributed by atoms with Crippen LogP contribution in [0.5, 0.6) is 0 Å². The fourth-order valence-corrected chi connectivity index (χ4v) is 3.00. The maximum atomic E-state index is 11.8. The lowest BCUT2D eigenvalue weighted by molar-refractivity contribution is -0.116. The number of nitrogens with one attached hydrogen (secondary N) is 1. The number of anilines is 1. The number of hydrogen-bond acceptors (Lipinski definition) is 7. The number of aromatic nitrogens is 4. The first-order valence-electron chi connectivity index (χ1n) is 6.64. The van der Waals surface area contributed by atoms with Crippen molar-refractivity contribution in [2.75, 3.05) is 11.1 Å². The topological polar surface area (TPSA) is 133 Å². The second-order valence-electron chi connectivity index (χ2n) is 4.65. The Morgan fingerprint density at radius 3 is 2.61 bits per heavy atom. The molecule has 23 heavy (non-hydrogen) atoms. The van der Waals surface area contributed by atoms with E-state index in [4.69, 9.17) is 5.14 Å². The van der Waals surface area contributed by atoms with E-state index in [1.807, 2.05) is 0 Å². The van der Waals surface area contributed by atoms with E-state index in [0.29, 0.717) is 29.4 Å². The van der Waals surface area contributed by atoms with Crippen LogP contribution in [0, 0.1) is 0 Å². The lowest BCUT2D eigenvalue weighted by atomic mass is 10.3. The van der Waals surface area contributed by atoms with Crippen molar-refractivity contribution in [2.45, 2.75) is 22.9 Å². The van der Waals surface area contributed by atoms with Gasteiger partial charge in [-0.1, -0.05) is 11.8 Å². The second-order valence-corrected chi connectivity index (χ2v) is 7.28. The molecule has 0 unspecified atom stereocenters. The highest BCUT2D eigenvalue weighted by molar-refractivity contribution is 7.99. The van der Waals surface area contributed by atoms with E-state index in [9.17, 15) is 13.2 Å². The molecular formula is C12H16N6O3S2. The van der Waals surface area contributed by atoms with Gasteiger partial charge in [0.1, 0.15) is 0 Å². The summed E-state index contributed by atoms with van der Waals surface area (Å²) in [5.41, 5.74) is 0.521. The molecular weight excluding hydrogens is 340 g/mol. The third kappa shape index (κ3) is 5.30. The van der Waals surface area contributed by atoms with E-state index in [0.717, 1.165) is 0 Å². The van der Waals surface area contributed by atoms with Crippen molar-refractivity contribution in [3.63, 3.8) is 0 Å². The van der Waals surface area contributed by atoms with Gasteiger partial charge in [-0.25, -0.2) is 18.2 Å². The van der Waals surface area contributed by atoms with Gasteiger partial charge < -0.3 is 5.32 Å². The van der Waals surface area contributed by atoms with Crippen molar-refractivity contribution in [3.8, 4) is 0 Å². The van der Waals surface area contributed by atoms with Crippen molar-refractivity contribution in [1.29, 1.82) is 0 Å². The molecule has 0 atom stereocenters. The number of rotatable bonds is 7. The third-order valence-electron chi connectivity index (χ3n) is 2.83. The molecule has 2 rings (SSSR count). The number of carbonyl (C=O) groups is 1. The van der Waals surface area contributed by atoms with Crippen LogP contribution >= 0.6 is 11.8 Å². The summed E-state index contributed by atoms with van der Waals surface area (Å²) in [4.78, 5) is 11.8. The van der Waals surface area contributed by atoms with Crippen molar-refractivity contribution >= 4 is 33.4 Å². The number of amides is 1. The minimum Gasteiger partial charge on any atom is -0.326 e. The van der Waals surface area contributed by atoms with Gasteiger partial charge in [-0.15, -0.1) is 5.10 Å². The Labute approximate surface area is 137 Å². The first-order valence-corrected chi connectivity index (χ1v) is 9.17. The van der Waals surface area contributed by atoms with E-state index in [-0.39, 0.29) is 10.8 Å². The molecule has 124 valence electrons. The summed E-state index contributed by atoms with van der Waals surface area (Å²) in [7, 11) is -1.97. The quantitative estimate of drug-likeness (QED) is 0.541. The van der Waals surface area contributed by atoms with Gasteiger partial charge in [0.15, 0.2) is 0 Å². The lowest BCUT2D eigenvalue weighted by Crippen LogP contribution is -2.13. The molecule has 1 aromatic heterocycles.